The Morgan fingerprint density at radius 2 is 1.80 bits per heavy atom. The van der Waals surface area contributed by atoms with E-state index >= 15 is 0 Å². The molecule has 1 amide bonds. The van der Waals surface area contributed by atoms with Gasteiger partial charge in [0.1, 0.15) is 0 Å². The van der Waals surface area contributed by atoms with E-state index in [0.717, 1.165) is 21.7 Å². The van der Waals surface area contributed by atoms with Gasteiger partial charge in [-0.15, -0.1) is 34.9 Å². The van der Waals surface area contributed by atoms with Gasteiger partial charge in [0.15, 0.2) is 4.80 Å². The van der Waals surface area contributed by atoms with Crippen molar-refractivity contribution in [3.8, 4) is 11.3 Å². The monoisotopic (exact) mass is 487 g/mol. The van der Waals surface area contributed by atoms with E-state index in [0.29, 0.717) is 12.2 Å². The number of carbonyl (C=O) groups excluding carboxylic acids is 1. The fraction of sp³-hybridized carbons (Fsp3) is 0.136. The minimum Gasteiger partial charge on any atom is -0.481 e. The average molecular weight is 488 g/mol. The molecule has 0 unspecified atom stereocenters. The zero-order valence-corrected chi connectivity index (χ0v) is 18.7. The van der Waals surface area contributed by atoms with Crippen molar-refractivity contribution in [1.29, 1.82) is 0 Å². The third-order valence-corrected chi connectivity index (χ3v) is 4.98. The van der Waals surface area contributed by atoms with Crippen molar-refractivity contribution in [2.24, 2.45) is 4.99 Å². The lowest BCUT2D eigenvalue weighted by molar-refractivity contribution is -0.138. The van der Waals surface area contributed by atoms with Gasteiger partial charge in [0.05, 0.1) is 17.8 Å². The fourth-order valence-electron chi connectivity index (χ4n) is 2.74. The van der Waals surface area contributed by atoms with Crippen molar-refractivity contribution in [2.45, 2.75) is 19.4 Å². The van der Waals surface area contributed by atoms with Crippen LogP contribution in [0, 0.1) is 0 Å². The number of anilines is 1. The van der Waals surface area contributed by atoms with E-state index in [2.05, 4.69) is 34.0 Å². The largest absolute Gasteiger partial charge is 0.481 e. The Labute approximate surface area is 189 Å². The molecule has 0 aliphatic heterocycles. The van der Waals surface area contributed by atoms with Gasteiger partial charge in [-0.05, 0) is 29.8 Å². The van der Waals surface area contributed by atoms with Crippen LogP contribution in [0.3, 0.4) is 0 Å². The summed E-state index contributed by atoms with van der Waals surface area (Å²) in [4.78, 5) is 27.9. The quantitative estimate of drug-likeness (QED) is 0.437. The topological polar surface area (TPSA) is 83.7 Å². The van der Waals surface area contributed by atoms with Crippen molar-refractivity contribution in [3.05, 3.63) is 77.4 Å². The Hall–Kier alpha value is -2.97. The van der Waals surface area contributed by atoms with Crippen LogP contribution in [0.4, 0.5) is 11.4 Å². The van der Waals surface area contributed by atoms with Crippen molar-refractivity contribution >= 4 is 51.6 Å². The van der Waals surface area contributed by atoms with Gasteiger partial charge in [0.2, 0.25) is 5.91 Å². The first-order valence-electron chi connectivity index (χ1n) is 9.08. The van der Waals surface area contributed by atoms with E-state index in [1.165, 1.54) is 0 Å². The SMILES string of the molecule is Br.C=CCn1c(-c2ccccc2)csc1=Nc1ccc(NC(=O)CCC(=O)O)cc1. The number of carboxylic acids is 1. The number of aliphatic carboxylic acids is 1. The summed E-state index contributed by atoms with van der Waals surface area (Å²) in [6.45, 7) is 4.49. The molecule has 8 heteroatoms. The van der Waals surface area contributed by atoms with Crippen LogP contribution in [-0.2, 0) is 16.1 Å². The molecule has 0 aliphatic carbocycles. The summed E-state index contributed by atoms with van der Waals surface area (Å²) >= 11 is 1.55. The molecule has 2 aromatic carbocycles. The third-order valence-electron chi connectivity index (χ3n) is 4.12. The number of carboxylic acid groups (broad SMARTS) is 1. The maximum Gasteiger partial charge on any atom is 0.303 e. The smallest absolute Gasteiger partial charge is 0.303 e. The predicted octanol–water partition coefficient (Wildman–Crippen LogP) is 5.02. The Kier molecular flexibility index (Phi) is 8.76. The Morgan fingerprint density at radius 3 is 2.43 bits per heavy atom. The second-order valence-electron chi connectivity index (χ2n) is 6.27. The molecule has 3 rings (SSSR count). The highest BCUT2D eigenvalue weighted by Gasteiger charge is 2.08. The Morgan fingerprint density at radius 1 is 1.10 bits per heavy atom. The molecule has 0 saturated heterocycles. The van der Waals surface area contributed by atoms with Gasteiger partial charge >= 0.3 is 5.97 Å². The van der Waals surface area contributed by atoms with Crippen molar-refractivity contribution in [3.63, 3.8) is 0 Å². The van der Waals surface area contributed by atoms with E-state index in [1.807, 2.05) is 36.4 Å². The number of carbonyl (C=O) groups is 2. The van der Waals surface area contributed by atoms with Crippen LogP contribution in [0.5, 0.6) is 0 Å². The second-order valence-corrected chi connectivity index (χ2v) is 7.11. The highest BCUT2D eigenvalue weighted by Crippen LogP contribution is 2.21. The zero-order chi connectivity index (χ0) is 20.6. The van der Waals surface area contributed by atoms with E-state index < -0.39 is 5.97 Å². The molecular weight excluding hydrogens is 466 g/mol. The number of amides is 1. The molecule has 0 fully saturated rings. The molecule has 1 aromatic heterocycles. The minimum absolute atomic E-state index is 0. The molecule has 1 heterocycles. The summed E-state index contributed by atoms with van der Waals surface area (Å²) in [6.07, 6.45) is 1.60. The first-order valence-corrected chi connectivity index (χ1v) is 9.96. The molecule has 0 aliphatic rings. The molecule has 3 aromatic rings. The first kappa shape index (κ1) is 23.3. The summed E-state index contributed by atoms with van der Waals surface area (Å²) in [5.74, 6) is -1.32. The van der Waals surface area contributed by atoms with Crippen LogP contribution in [0.2, 0.25) is 0 Å². The van der Waals surface area contributed by atoms with Crippen molar-refractivity contribution in [1.82, 2.24) is 4.57 Å². The van der Waals surface area contributed by atoms with E-state index in [-0.39, 0.29) is 35.7 Å². The molecule has 0 bridgehead atoms. The summed E-state index contributed by atoms with van der Waals surface area (Å²) in [7, 11) is 0. The standard InChI is InChI=1S/C22H21N3O3S.BrH/c1-2-14-25-19(16-6-4-3-5-7-16)15-29-22(25)24-18-10-8-17(9-11-18)23-20(26)12-13-21(27)28;/h2-11,15H,1,12-14H2,(H,23,26)(H,27,28);1H. The average Bonchev–Trinajstić information content (AvgIpc) is 3.11. The molecule has 0 spiro atoms. The molecule has 2 N–H and O–H groups in total. The van der Waals surface area contributed by atoms with Gasteiger partial charge in [0.25, 0.3) is 0 Å². The normalized spacial score (nSPS) is 10.9. The van der Waals surface area contributed by atoms with Crippen LogP contribution >= 0.6 is 28.3 Å². The number of nitrogens with zero attached hydrogens (tertiary/aromatic N) is 2. The number of aromatic nitrogens is 1. The van der Waals surface area contributed by atoms with E-state index in [9.17, 15) is 9.59 Å². The molecule has 30 heavy (non-hydrogen) atoms. The van der Waals surface area contributed by atoms with Crippen LogP contribution in [0.25, 0.3) is 11.3 Å². The molecule has 0 atom stereocenters. The van der Waals surface area contributed by atoms with Gasteiger partial charge < -0.3 is 15.0 Å². The number of rotatable bonds is 8. The van der Waals surface area contributed by atoms with Gasteiger partial charge in [-0.1, -0.05) is 36.4 Å². The zero-order valence-electron chi connectivity index (χ0n) is 16.2. The van der Waals surface area contributed by atoms with Gasteiger partial charge in [0, 0.05) is 24.0 Å². The Bertz CT molecular complexity index is 1070. The molecule has 6 nitrogen and oxygen atoms in total. The van der Waals surface area contributed by atoms with Crippen LogP contribution in [0.1, 0.15) is 12.8 Å². The van der Waals surface area contributed by atoms with E-state index in [4.69, 9.17) is 10.1 Å². The summed E-state index contributed by atoms with van der Waals surface area (Å²) < 4.78 is 2.11. The first-order chi connectivity index (χ1) is 14.1. The Balaban J connectivity index is 0.00000320. The maximum atomic E-state index is 11.7. The number of benzene rings is 2. The van der Waals surface area contributed by atoms with Gasteiger partial charge in [-0.25, -0.2) is 4.99 Å². The van der Waals surface area contributed by atoms with Crippen molar-refractivity contribution in [2.75, 3.05) is 5.32 Å². The number of hydrogen-bond acceptors (Lipinski definition) is 4. The lowest BCUT2D eigenvalue weighted by atomic mass is 10.2. The van der Waals surface area contributed by atoms with Gasteiger partial charge in [-0.2, -0.15) is 0 Å². The van der Waals surface area contributed by atoms with Crippen LogP contribution < -0.4 is 10.1 Å². The maximum absolute atomic E-state index is 11.7. The van der Waals surface area contributed by atoms with Crippen LogP contribution in [-0.4, -0.2) is 21.6 Å². The lowest BCUT2D eigenvalue weighted by Gasteiger charge is -2.07. The third kappa shape index (κ3) is 6.27. The molecule has 0 radical (unpaired) electrons. The second kappa shape index (κ2) is 11.3. The van der Waals surface area contributed by atoms with Gasteiger partial charge in [-0.3, -0.25) is 9.59 Å². The number of thiazole rings is 1. The number of hydrogen-bond donors (Lipinski definition) is 2. The predicted molar refractivity (Wildman–Crippen MR) is 125 cm³/mol. The highest BCUT2D eigenvalue weighted by atomic mass is 79.9. The lowest BCUT2D eigenvalue weighted by Crippen LogP contribution is -2.14. The minimum atomic E-state index is -0.993. The molecule has 156 valence electrons. The number of allylic oxidation sites excluding steroid dienone is 1. The summed E-state index contributed by atoms with van der Waals surface area (Å²) in [6, 6.07) is 17.3. The molecule has 0 saturated carbocycles. The number of nitrogens with one attached hydrogen (secondary N) is 1. The van der Waals surface area contributed by atoms with Crippen LogP contribution in [0.15, 0.2) is 77.6 Å². The number of halogens is 1. The summed E-state index contributed by atoms with van der Waals surface area (Å²) in [5.41, 5.74) is 3.56. The van der Waals surface area contributed by atoms with Crippen molar-refractivity contribution < 1.29 is 14.7 Å². The highest BCUT2D eigenvalue weighted by molar-refractivity contribution is 8.93. The molecular formula is C22H22BrN3O3S. The summed E-state index contributed by atoms with van der Waals surface area (Å²) in [5, 5.41) is 13.4. The van der Waals surface area contributed by atoms with E-state index in [1.54, 1.807) is 23.5 Å². The fourth-order valence-corrected chi connectivity index (χ4v) is 3.68.